The van der Waals surface area contributed by atoms with Crippen LogP contribution in [0.4, 0.5) is 0 Å². The average molecular weight is 229 g/mol. The van der Waals surface area contributed by atoms with Gasteiger partial charge in [0.15, 0.2) is 0 Å². The van der Waals surface area contributed by atoms with E-state index in [0.29, 0.717) is 11.9 Å². The van der Waals surface area contributed by atoms with Crippen molar-refractivity contribution in [3.05, 3.63) is 0 Å². The molecule has 0 bridgehead atoms. The molecule has 88 valence electrons. The van der Waals surface area contributed by atoms with E-state index in [2.05, 4.69) is 25.7 Å². The van der Waals surface area contributed by atoms with Crippen LogP contribution in [-0.4, -0.2) is 41.4 Å². The van der Waals surface area contributed by atoms with Crippen LogP contribution in [0.1, 0.15) is 27.2 Å². The number of nitrogens with one attached hydrogen (secondary N) is 1. The molecule has 1 aliphatic rings. The zero-order chi connectivity index (χ0) is 11.5. The van der Waals surface area contributed by atoms with Crippen LogP contribution in [0.2, 0.25) is 0 Å². The van der Waals surface area contributed by atoms with E-state index in [1.165, 1.54) is 18.1 Å². The lowest BCUT2D eigenvalue weighted by Gasteiger charge is -2.35. The van der Waals surface area contributed by atoms with Crippen molar-refractivity contribution in [3.8, 4) is 0 Å². The van der Waals surface area contributed by atoms with Gasteiger partial charge < -0.3 is 5.73 Å². The average Bonchev–Trinajstić information content (AvgIpc) is 2.16. The van der Waals surface area contributed by atoms with E-state index >= 15 is 0 Å². The molecule has 1 heterocycles. The van der Waals surface area contributed by atoms with Crippen LogP contribution in [-0.2, 0) is 0 Å². The molecule has 15 heavy (non-hydrogen) atoms. The predicted molar refractivity (Wildman–Crippen MR) is 68.7 cm³/mol. The first-order chi connectivity index (χ1) is 6.93. The molecule has 3 nitrogen and oxygen atoms in total. The Balaban J connectivity index is 2.38. The fourth-order valence-corrected chi connectivity index (χ4v) is 2.73. The van der Waals surface area contributed by atoms with Crippen molar-refractivity contribution < 1.29 is 0 Å². The minimum absolute atomic E-state index is 0.149. The van der Waals surface area contributed by atoms with Gasteiger partial charge in [-0.2, -0.15) is 11.8 Å². The number of thioether (sulfide) groups is 1. The largest absolute Gasteiger partial charge is 0.387 e. The third-order valence-electron chi connectivity index (χ3n) is 3.26. The summed E-state index contributed by atoms with van der Waals surface area (Å²) < 4.78 is 0. The summed E-state index contributed by atoms with van der Waals surface area (Å²) in [5.41, 5.74) is 5.43. The Bertz CT molecular complexity index is 228. The first-order valence-corrected chi connectivity index (χ1v) is 6.75. The Kier molecular flexibility index (Phi) is 4.46. The molecular formula is C11H23N3S. The maximum absolute atomic E-state index is 7.52. The minimum atomic E-state index is -0.149. The normalized spacial score (nSPS) is 24.1. The van der Waals surface area contributed by atoms with Crippen molar-refractivity contribution in [3.63, 3.8) is 0 Å². The number of hydrogen-bond acceptors (Lipinski definition) is 3. The molecule has 0 spiro atoms. The highest BCUT2D eigenvalue weighted by atomic mass is 32.2. The molecule has 0 aromatic heterocycles. The molecule has 1 rings (SSSR count). The quantitative estimate of drug-likeness (QED) is 0.571. The summed E-state index contributed by atoms with van der Waals surface area (Å²) in [6.07, 6.45) is 0.983. The van der Waals surface area contributed by atoms with Crippen LogP contribution in [0.5, 0.6) is 0 Å². The fourth-order valence-electron chi connectivity index (χ4n) is 1.65. The van der Waals surface area contributed by atoms with E-state index in [0.717, 1.165) is 13.0 Å². The van der Waals surface area contributed by atoms with Crippen LogP contribution in [0, 0.1) is 10.8 Å². The monoisotopic (exact) mass is 229 g/mol. The van der Waals surface area contributed by atoms with E-state index in [-0.39, 0.29) is 5.41 Å². The van der Waals surface area contributed by atoms with Gasteiger partial charge in [-0.3, -0.25) is 10.3 Å². The molecule has 3 N–H and O–H groups in total. The number of nitrogens with two attached hydrogens (primary N) is 1. The van der Waals surface area contributed by atoms with E-state index in [4.69, 9.17) is 11.1 Å². The molecule has 0 radical (unpaired) electrons. The zero-order valence-corrected chi connectivity index (χ0v) is 10.9. The first-order valence-electron chi connectivity index (χ1n) is 5.60. The molecule has 1 unspecified atom stereocenters. The van der Waals surface area contributed by atoms with Gasteiger partial charge in [-0.1, -0.05) is 13.8 Å². The summed E-state index contributed by atoms with van der Waals surface area (Å²) in [7, 11) is 0. The van der Waals surface area contributed by atoms with Crippen molar-refractivity contribution in [1.82, 2.24) is 4.90 Å². The van der Waals surface area contributed by atoms with Crippen LogP contribution in [0.3, 0.4) is 0 Å². The zero-order valence-electron chi connectivity index (χ0n) is 10.0. The van der Waals surface area contributed by atoms with Crippen LogP contribution in [0.15, 0.2) is 0 Å². The molecule has 1 aliphatic heterocycles. The molecule has 0 aromatic rings. The Morgan fingerprint density at radius 3 is 2.80 bits per heavy atom. The second-order valence-electron chi connectivity index (χ2n) is 5.01. The Labute approximate surface area is 97.3 Å². The van der Waals surface area contributed by atoms with E-state index < -0.39 is 0 Å². The van der Waals surface area contributed by atoms with Gasteiger partial charge in [0.05, 0.1) is 5.84 Å². The lowest BCUT2D eigenvalue weighted by atomic mass is 9.88. The second-order valence-corrected chi connectivity index (χ2v) is 6.16. The second kappa shape index (κ2) is 5.21. The molecule has 4 heteroatoms. The van der Waals surface area contributed by atoms with E-state index in [9.17, 15) is 0 Å². The highest BCUT2D eigenvalue weighted by Gasteiger charge is 2.25. The van der Waals surface area contributed by atoms with Crippen LogP contribution >= 0.6 is 11.8 Å². The van der Waals surface area contributed by atoms with Gasteiger partial charge in [-0.25, -0.2) is 0 Å². The van der Waals surface area contributed by atoms with Gasteiger partial charge in [0, 0.05) is 29.5 Å². The SMILES string of the molecule is CC1CSCCN1CCC(C)(C)C(=N)N. The lowest BCUT2D eigenvalue weighted by molar-refractivity contribution is 0.210. The van der Waals surface area contributed by atoms with Crippen molar-refractivity contribution in [2.75, 3.05) is 24.6 Å². The highest BCUT2D eigenvalue weighted by Crippen LogP contribution is 2.23. The lowest BCUT2D eigenvalue weighted by Crippen LogP contribution is -2.43. The van der Waals surface area contributed by atoms with Crippen molar-refractivity contribution >= 4 is 17.6 Å². The first kappa shape index (κ1) is 12.8. The molecule has 0 aliphatic carbocycles. The molecule has 0 aromatic carbocycles. The van der Waals surface area contributed by atoms with Crippen molar-refractivity contribution in [2.24, 2.45) is 11.1 Å². The number of amidine groups is 1. The third kappa shape index (κ3) is 3.68. The summed E-state index contributed by atoms with van der Waals surface area (Å²) in [4.78, 5) is 2.52. The van der Waals surface area contributed by atoms with Crippen LogP contribution in [0.25, 0.3) is 0 Å². The summed E-state index contributed by atoms with van der Waals surface area (Å²) in [6.45, 7) is 8.64. The third-order valence-corrected chi connectivity index (χ3v) is 4.45. The van der Waals surface area contributed by atoms with Crippen molar-refractivity contribution in [2.45, 2.75) is 33.2 Å². The number of hydrogen-bond donors (Lipinski definition) is 2. The Morgan fingerprint density at radius 1 is 1.60 bits per heavy atom. The highest BCUT2D eigenvalue weighted by molar-refractivity contribution is 7.99. The maximum atomic E-state index is 7.52. The standard InChI is InChI=1S/C11H23N3S/c1-9-8-15-7-6-14(9)5-4-11(2,3)10(12)13/h9H,4-8H2,1-3H3,(H3,12,13). The van der Waals surface area contributed by atoms with Gasteiger partial charge in [-0.15, -0.1) is 0 Å². The number of rotatable bonds is 4. The molecule has 1 atom stereocenters. The topological polar surface area (TPSA) is 53.1 Å². The Morgan fingerprint density at radius 2 is 2.27 bits per heavy atom. The molecule has 1 saturated heterocycles. The fraction of sp³-hybridized carbons (Fsp3) is 0.909. The van der Waals surface area contributed by atoms with E-state index in [1.54, 1.807) is 0 Å². The molecule has 1 fully saturated rings. The molecule has 0 amide bonds. The smallest absolute Gasteiger partial charge is 0.0963 e. The molecular weight excluding hydrogens is 206 g/mol. The summed E-state index contributed by atoms with van der Waals surface area (Å²) in [6, 6.07) is 0.673. The predicted octanol–water partition coefficient (Wildman–Crippen LogP) is 1.78. The van der Waals surface area contributed by atoms with Gasteiger partial charge in [0.25, 0.3) is 0 Å². The maximum Gasteiger partial charge on any atom is 0.0963 e. The number of nitrogens with zero attached hydrogens (tertiary/aromatic N) is 1. The summed E-state index contributed by atoms with van der Waals surface area (Å²) >= 11 is 2.04. The van der Waals surface area contributed by atoms with Crippen molar-refractivity contribution in [1.29, 1.82) is 5.41 Å². The Hall–Kier alpha value is -0.220. The molecule has 0 saturated carbocycles. The van der Waals surface area contributed by atoms with Gasteiger partial charge in [-0.05, 0) is 19.9 Å². The van der Waals surface area contributed by atoms with Gasteiger partial charge in [0.2, 0.25) is 0 Å². The summed E-state index contributed by atoms with van der Waals surface area (Å²) in [5.74, 6) is 2.78. The summed E-state index contributed by atoms with van der Waals surface area (Å²) in [5, 5.41) is 7.52. The van der Waals surface area contributed by atoms with Gasteiger partial charge in [0.1, 0.15) is 0 Å². The van der Waals surface area contributed by atoms with E-state index in [1.807, 2.05) is 11.8 Å². The minimum Gasteiger partial charge on any atom is -0.387 e. The van der Waals surface area contributed by atoms with Gasteiger partial charge >= 0.3 is 0 Å². The van der Waals surface area contributed by atoms with Crippen LogP contribution < -0.4 is 5.73 Å².